The quantitative estimate of drug-likeness (QED) is 0.411. The molecule has 0 aliphatic heterocycles. The van der Waals surface area contributed by atoms with Gasteiger partial charge in [0.15, 0.2) is 5.72 Å². The van der Waals surface area contributed by atoms with Crippen molar-refractivity contribution in [1.29, 1.82) is 0 Å². The zero-order valence-corrected chi connectivity index (χ0v) is 14.7. The molecule has 5 N–H and O–H groups in total. The van der Waals surface area contributed by atoms with Gasteiger partial charge in [0.2, 0.25) is 5.88 Å². The molecule has 0 aliphatic carbocycles. The summed E-state index contributed by atoms with van der Waals surface area (Å²) in [5.41, 5.74) is 10.5. The summed E-state index contributed by atoms with van der Waals surface area (Å²) in [5, 5.41) is 9.02. The molecule has 1 aromatic rings. The smallest absolute Gasteiger partial charge is 1.00 e. The van der Waals surface area contributed by atoms with Gasteiger partial charge in [-0.2, -0.15) is 0 Å². The Balaban J connectivity index is 0. The van der Waals surface area contributed by atoms with E-state index in [1.807, 2.05) is 6.92 Å². The Morgan fingerprint density at radius 3 is 2.84 bits per heavy atom. The predicted octanol–water partition coefficient (Wildman–Crippen LogP) is -2.07. The Hall–Kier alpha value is -0.0236. The molecule has 0 aliphatic rings. The fraction of sp³-hybridized carbons (Fsp3) is 0.500. The van der Waals surface area contributed by atoms with Gasteiger partial charge in [-0.1, -0.05) is 6.92 Å². The molecule has 1 rings (SSSR count). The number of pyridine rings is 1. The van der Waals surface area contributed by atoms with Crippen LogP contribution in [0.1, 0.15) is 32.1 Å². The van der Waals surface area contributed by atoms with E-state index in [0.717, 1.165) is 0 Å². The Labute approximate surface area is 156 Å². The van der Waals surface area contributed by atoms with E-state index in [4.69, 9.17) is 21.3 Å². The third kappa shape index (κ3) is 5.46. The van der Waals surface area contributed by atoms with Gasteiger partial charge in [-0.15, -0.1) is 0 Å². The van der Waals surface area contributed by atoms with Crippen LogP contribution in [-0.4, -0.2) is 28.3 Å². The summed E-state index contributed by atoms with van der Waals surface area (Å²) in [6.07, 6.45) is 2.15. The fourth-order valence-corrected chi connectivity index (χ4v) is 1.48. The van der Waals surface area contributed by atoms with E-state index in [1.54, 1.807) is 6.92 Å². The summed E-state index contributed by atoms with van der Waals surface area (Å²) in [5.74, 6) is -1.09. The van der Waals surface area contributed by atoms with Crippen molar-refractivity contribution in [2.45, 2.75) is 26.0 Å². The second-order valence-corrected chi connectivity index (χ2v) is 4.43. The first-order valence-electron chi connectivity index (χ1n) is 5.74. The molecule has 0 aromatic carbocycles. The van der Waals surface area contributed by atoms with Crippen molar-refractivity contribution in [2.24, 2.45) is 17.4 Å². The standard InChI is InChI=1S/C12H19N3O3.K.H/c1-8(5-6-13)12(2,14)18-10-9(11(16)17)4-3-7-15-10;;/h3-4,7-8H,5-6,13-14H2,1-2H3,(H,16,17);;/q;+1;-1. The largest absolute Gasteiger partial charge is 1.00 e. The Morgan fingerprint density at radius 1 is 1.68 bits per heavy atom. The van der Waals surface area contributed by atoms with E-state index in [-0.39, 0.29) is 70.2 Å². The molecule has 0 radical (unpaired) electrons. The topological polar surface area (TPSA) is 111 Å². The van der Waals surface area contributed by atoms with Crippen molar-refractivity contribution in [1.82, 2.24) is 4.98 Å². The van der Waals surface area contributed by atoms with Crippen LogP contribution in [-0.2, 0) is 0 Å². The molecule has 0 amide bonds. The number of hydrogen-bond acceptors (Lipinski definition) is 5. The number of hydrogen-bond donors (Lipinski definition) is 3. The van der Waals surface area contributed by atoms with Gasteiger partial charge in [0.1, 0.15) is 5.56 Å². The normalized spacial score (nSPS) is 14.9. The van der Waals surface area contributed by atoms with E-state index in [2.05, 4.69) is 4.98 Å². The summed E-state index contributed by atoms with van der Waals surface area (Å²) < 4.78 is 5.54. The molecule has 1 heterocycles. The third-order valence-electron chi connectivity index (χ3n) is 2.90. The fourth-order valence-electron chi connectivity index (χ4n) is 1.48. The minimum Gasteiger partial charge on any atom is -1.00 e. The van der Waals surface area contributed by atoms with Crippen LogP contribution in [0.3, 0.4) is 0 Å². The van der Waals surface area contributed by atoms with Crippen molar-refractivity contribution in [3.05, 3.63) is 23.9 Å². The first-order valence-corrected chi connectivity index (χ1v) is 5.74. The molecule has 0 saturated carbocycles. The van der Waals surface area contributed by atoms with Gasteiger partial charge in [-0.3, -0.25) is 5.73 Å². The molecule has 0 saturated heterocycles. The molecule has 19 heavy (non-hydrogen) atoms. The number of ether oxygens (including phenoxy) is 1. The number of rotatable bonds is 6. The zero-order valence-electron chi connectivity index (χ0n) is 12.6. The first-order chi connectivity index (χ1) is 8.38. The molecular formula is C12H20KN3O3. The van der Waals surface area contributed by atoms with Crippen LogP contribution >= 0.6 is 0 Å². The molecule has 2 unspecified atom stereocenters. The number of aromatic carboxylic acids is 1. The number of carboxylic acids is 1. The Kier molecular flexibility index (Phi) is 8.29. The average molecular weight is 293 g/mol. The van der Waals surface area contributed by atoms with Crippen LogP contribution in [0.15, 0.2) is 18.3 Å². The number of nitrogens with two attached hydrogens (primary N) is 2. The van der Waals surface area contributed by atoms with Crippen molar-refractivity contribution in [3.8, 4) is 5.88 Å². The van der Waals surface area contributed by atoms with Crippen molar-refractivity contribution < 1.29 is 67.4 Å². The van der Waals surface area contributed by atoms with Crippen molar-refractivity contribution in [2.75, 3.05) is 6.54 Å². The van der Waals surface area contributed by atoms with Crippen LogP contribution in [0.2, 0.25) is 0 Å². The van der Waals surface area contributed by atoms with E-state index < -0.39 is 11.7 Å². The number of aromatic nitrogens is 1. The van der Waals surface area contributed by atoms with Crippen LogP contribution in [0, 0.1) is 5.92 Å². The molecule has 1 aromatic heterocycles. The number of nitrogens with zero attached hydrogens (tertiary/aromatic N) is 1. The third-order valence-corrected chi connectivity index (χ3v) is 2.90. The van der Waals surface area contributed by atoms with Gasteiger partial charge in [0.05, 0.1) is 0 Å². The van der Waals surface area contributed by atoms with Crippen molar-refractivity contribution in [3.63, 3.8) is 0 Å². The molecule has 0 spiro atoms. The monoisotopic (exact) mass is 293 g/mol. The van der Waals surface area contributed by atoms with E-state index in [9.17, 15) is 4.79 Å². The SMILES string of the molecule is CC(CCN)C(C)(N)Oc1ncccc1C(=O)O.[H-].[K+]. The maximum atomic E-state index is 11.0. The van der Waals surface area contributed by atoms with E-state index in [0.29, 0.717) is 13.0 Å². The van der Waals surface area contributed by atoms with E-state index >= 15 is 0 Å². The molecule has 6 nitrogen and oxygen atoms in total. The summed E-state index contributed by atoms with van der Waals surface area (Å²) in [6.45, 7) is 4.08. The minimum absolute atomic E-state index is 0. The molecule has 0 fully saturated rings. The van der Waals surface area contributed by atoms with Crippen LogP contribution in [0.4, 0.5) is 0 Å². The molecule has 2 atom stereocenters. The van der Waals surface area contributed by atoms with Gasteiger partial charge >= 0.3 is 57.4 Å². The van der Waals surface area contributed by atoms with Gasteiger partial charge in [0, 0.05) is 12.1 Å². The Morgan fingerprint density at radius 2 is 2.32 bits per heavy atom. The summed E-state index contributed by atoms with van der Waals surface area (Å²) in [6, 6.07) is 2.96. The van der Waals surface area contributed by atoms with Crippen LogP contribution in [0.5, 0.6) is 5.88 Å². The predicted molar refractivity (Wildman–Crippen MR) is 68.4 cm³/mol. The van der Waals surface area contributed by atoms with E-state index in [1.165, 1.54) is 18.3 Å². The first kappa shape index (κ1) is 19.0. The summed E-state index contributed by atoms with van der Waals surface area (Å²) in [7, 11) is 0. The van der Waals surface area contributed by atoms with Gasteiger partial charge < -0.3 is 17.0 Å². The summed E-state index contributed by atoms with van der Waals surface area (Å²) >= 11 is 0. The number of carboxylic acid groups (broad SMARTS) is 1. The Bertz CT molecular complexity index is 432. The summed E-state index contributed by atoms with van der Waals surface area (Å²) in [4.78, 5) is 14.9. The maximum Gasteiger partial charge on any atom is 1.00 e. The average Bonchev–Trinajstić information content (AvgIpc) is 2.29. The second kappa shape index (κ2) is 8.30. The molecule has 0 bridgehead atoms. The van der Waals surface area contributed by atoms with Gasteiger partial charge in [-0.05, 0) is 32.0 Å². The number of carbonyl (C=O) groups is 1. The van der Waals surface area contributed by atoms with Crippen LogP contribution < -0.4 is 67.6 Å². The molecular weight excluding hydrogens is 273 g/mol. The second-order valence-electron chi connectivity index (χ2n) is 4.43. The van der Waals surface area contributed by atoms with Crippen LogP contribution in [0.25, 0.3) is 0 Å². The minimum atomic E-state index is -1.10. The molecule has 102 valence electrons. The maximum absolute atomic E-state index is 11.0. The van der Waals surface area contributed by atoms with Gasteiger partial charge in [-0.25, -0.2) is 9.78 Å². The zero-order chi connectivity index (χ0) is 13.8. The van der Waals surface area contributed by atoms with Gasteiger partial charge in [0.25, 0.3) is 0 Å². The van der Waals surface area contributed by atoms with Crippen molar-refractivity contribution >= 4 is 5.97 Å². The molecule has 7 heteroatoms.